The summed E-state index contributed by atoms with van der Waals surface area (Å²) >= 11 is 2.56. The number of aromatic nitrogens is 1. The van der Waals surface area contributed by atoms with E-state index in [1.165, 1.54) is 48.8 Å². The number of ether oxygens (including phenoxy) is 1. The summed E-state index contributed by atoms with van der Waals surface area (Å²) in [5.41, 5.74) is 0. The summed E-state index contributed by atoms with van der Waals surface area (Å²) in [5.74, 6) is -0.868. The Balaban J connectivity index is 1.67. The number of carboxylic acid groups (broad SMARTS) is 1. The molecule has 2 N–H and O–H groups in total. The first-order valence-corrected chi connectivity index (χ1v) is 12.3. The van der Waals surface area contributed by atoms with Gasteiger partial charge in [0, 0.05) is 19.2 Å². The van der Waals surface area contributed by atoms with E-state index in [-0.39, 0.29) is 23.9 Å². The van der Waals surface area contributed by atoms with Crippen LogP contribution in [-0.4, -0.2) is 58.0 Å². The molecule has 0 bridgehead atoms. The molecule has 0 spiro atoms. The maximum Gasteiger partial charge on any atom is 0.324 e. The fourth-order valence-corrected chi connectivity index (χ4v) is 5.98. The third-order valence-electron chi connectivity index (χ3n) is 5.86. The van der Waals surface area contributed by atoms with Crippen LogP contribution in [0.1, 0.15) is 64.2 Å². The summed E-state index contributed by atoms with van der Waals surface area (Å²) < 4.78 is 6.31. The molecule has 7 nitrogen and oxygen atoms in total. The predicted octanol–water partition coefficient (Wildman–Crippen LogP) is 4.83. The van der Waals surface area contributed by atoms with Gasteiger partial charge in [-0.15, -0.1) is 11.8 Å². The van der Waals surface area contributed by atoms with Crippen molar-refractivity contribution in [2.24, 2.45) is 0 Å². The average molecular weight is 442 g/mol. The molecular weight excluding hydrogens is 410 g/mol. The SMILES string of the molecule is COC1CCC(N(C(=O)Nc2ncc(SCC(=O)O)s2)C2CCCCCC2)CC1. The predicted molar refractivity (Wildman–Crippen MR) is 116 cm³/mol. The lowest BCUT2D eigenvalue weighted by molar-refractivity contribution is -0.133. The number of anilines is 1. The molecule has 29 heavy (non-hydrogen) atoms. The summed E-state index contributed by atoms with van der Waals surface area (Å²) in [7, 11) is 1.77. The molecule has 2 amide bonds. The number of rotatable bonds is 7. The van der Waals surface area contributed by atoms with Crippen LogP contribution in [0.25, 0.3) is 0 Å². The van der Waals surface area contributed by atoms with Crippen molar-refractivity contribution in [2.75, 3.05) is 18.2 Å². The molecule has 2 fully saturated rings. The van der Waals surface area contributed by atoms with E-state index >= 15 is 0 Å². The van der Waals surface area contributed by atoms with Crippen molar-refractivity contribution in [3.8, 4) is 0 Å². The van der Waals surface area contributed by atoms with Gasteiger partial charge in [0.2, 0.25) is 0 Å². The molecule has 0 radical (unpaired) electrons. The number of amides is 2. The Hall–Kier alpha value is -1.32. The van der Waals surface area contributed by atoms with Crippen LogP contribution in [0.3, 0.4) is 0 Å². The molecule has 1 aromatic heterocycles. The summed E-state index contributed by atoms with van der Waals surface area (Å²) in [4.78, 5) is 30.4. The number of nitrogens with one attached hydrogen (secondary N) is 1. The van der Waals surface area contributed by atoms with E-state index in [1.807, 2.05) is 0 Å². The smallest absolute Gasteiger partial charge is 0.324 e. The first-order valence-electron chi connectivity index (χ1n) is 10.5. The second-order valence-corrected chi connectivity index (χ2v) is 10.1. The molecule has 0 aromatic carbocycles. The Morgan fingerprint density at radius 2 is 1.83 bits per heavy atom. The highest BCUT2D eigenvalue weighted by Gasteiger charge is 2.34. The third-order valence-corrected chi connectivity index (χ3v) is 7.95. The number of aliphatic carboxylic acids is 1. The number of thiazole rings is 1. The zero-order valence-corrected chi connectivity index (χ0v) is 18.6. The first kappa shape index (κ1) is 22.4. The van der Waals surface area contributed by atoms with Crippen LogP contribution in [0.4, 0.5) is 9.93 Å². The number of carboxylic acids is 1. The average Bonchev–Trinajstić information content (AvgIpc) is 2.99. The molecular formula is C20H31N3O4S2. The molecule has 0 aliphatic heterocycles. The van der Waals surface area contributed by atoms with Crippen LogP contribution in [0.15, 0.2) is 10.4 Å². The minimum absolute atomic E-state index is 0.00742. The highest BCUT2D eigenvalue weighted by atomic mass is 32.2. The Morgan fingerprint density at radius 1 is 1.17 bits per heavy atom. The number of nitrogens with zero attached hydrogens (tertiary/aromatic N) is 2. The lowest BCUT2D eigenvalue weighted by Crippen LogP contribution is -2.50. The van der Waals surface area contributed by atoms with Gasteiger partial charge in [-0.2, -0.15) is 0 Å². The van der Waals surface area contributed by atoms with Crippen molar-refractivity contribution >= 4 is 40.2 Å². The van der Waals surface area contributed by atoms with E-state index in [2.05, 4.69) is 15.2 Å². The lowest BCUT2D eigenvalue weighted by Gasteiger charge is -2.41. The van der Waals surface area contributed by atoms with E-state index < -0.39 is 5.97 Å². The number of carbonyl (C=O) groups is 2. The van der Waals surface area contributed by atoms with E-state index in [0.717, 1.165) is 42.7 Å². The van der Waals surface area contributed by atoms with Gasteiger partial charge in [0.1, 0.15) is 0 Å². The minimum Gasteiger partial charge on any atom is -0.481 e. The second-order valence-electron chi connectivity index (χ2n) is 7.82. The van der Waals surface area contributed by atoms with Crippen molar-refractivity contribution in [3.63, 3.8) is 0 Å². The molecule has 9 heteroatoms. The zero-order chi connectivity index (χ0) is 20.6. The molecule has 2 aliphatic rings. The number of carbonyl (C=O) groups excluding carboxylic acids is 1. The van der Waals surface area contributed by atoms with Crippen molar-refractivity contribution in [1.29, 1.82) is 0 Å². The van der Waals surface area contributed by atoms with Crippen molar-refractivity contribution in [1.82, 2.24) is 9.88 Å². The molecule has 0 unspecified atom stereocenters. The van der Waals surface area contributed by atoms with Gasteiger partial charge in [-0.25, -0.2) is 9.78 Å². The molecule has 0 atom stereocenters. The number of hydrogen-bond acceptors (Lipinski definition) is 6. The van der Waals surface area contributed by atoms with Gasteiger partial charge >= 0.3 is 12.0 Å². The largest absolute Gasteiger partial charge is 0.481 e. The quantitative estimate of drug-likeness (QED) is 0.465. The van der Waals surface area contributed by atoms with Crippen LogP contribution in [0.5, 0.6) is 0 Å². The lowest BCUT2D eigenvalue weighted by atomic mass is 9.90. The van der Waals surface area contributed by atoms with Crippen LogP contribution in [-0.2, 0) is 9.53 Å². The Labute approximate surface area is 180 Å². The number of methoxy groups -OCH3 is 1. The first-order chi connectivity index (χ1) is 14.1. The van der Waals surface area contributed by atoms with Gasteiger partial charge in [0.15, 0.2) is 5.13 Å². The van der Waals surface area contributed by atoms with E-state index in [1.54, 1.807) is 13.3 Å². The third kappa shape index (κ3) is 6.58. The van der Waals surface area contributed by atoms with Crippen LogP contribution < -0.4 is 5.32 Å². The number of thioether (sulfide) groups is 1. The van der Waals surface area contributed by atoms with Crippen molar-refractivity contribution in [2.45, 2.75) is 86.6 Å². The Morgan fingerprint density at radius 3 is 2.45 bits per heavy atom. The molecule has 162 valence electrons. The topological polar surface area (TPSA) is 91.8 Å². The van der Waals surface area contributed by atoms with Gasteiger partial charge < -0.3 is 14.7 Å². The second kappa shape index (κ2) is 11.2. The van der Waals surface area contributed by atoms with E-state index in [0.29, 0.717) is 11.2 Å². The Kier molecular flexibility index (Phi) is 8.62. The highest BCUT2D eigenvalue weighted by Crippen LogP contribution is 2.32. The van der Waals surface area contributed by atoms with Gasteiger partial charge in [-0.3, -0.25) is 10.1 Å². The summed E-state index contributed by atoms with van der Waals surface area (Å²) in [6.07, 6.45) is 12.8. The normalized spacial score (nSPS) is 23.3. The van der Waals surface area contributed by atoms with Crippen LogP contribution in [0.2, 0.25) is 0 Å². The monoisotopic (exact) mass is 441 g/mol. The van der Waals surface area contributed by atoms with Crippen LogP contribution in [0, 0.1) is 0 Å². The van der Waals surface area contributed by atoms with Crippen molar-refractivity contribution < 1.29 is 19.4 Å². The minimum atomic E-state index is -0.861. The number of urea groups is 1. The van der Waals surface area contributed by atoms with E-state index in [9.17, 15) is 9.59 Å². The van der Waals surface area contributed by atoms with Crippen LogP contribution >= 0.6 is 23.1 Å². The maximum atomic E-state index is 13.3. The Bertz CT molecular complexity index is 668. The van der Waals surface area contributed by atoms with E-state index in [4.69, 9.17) is 9.84 Å². The molecule has 2 saturated carbocycles. The van der Waals surface area contributed by atoms with Gasteiger partial charge in [0.25, 0.3) is 0 Å². The fraction of sp³-hybridized carbons (Fsp3) is 0.750. The van der Waals surface area contributed by atoms with Gasteiger partial charge in [-0.1, -0.05) is 37.0 Å². The van der Waals surface area contributed by atoms with Gasteiger partial charge in [-0.05, 0) is 38.5 Å². The molecule has 1 aromatic rings. The maximum absolute atomic E-state index is 13.3. The molecule has 3 rings (SSSR count). The number of hydrogen-bond donors (Lipinski definition) is 2. The summed E-state index contributed by atoms with van der Waals surface area (Å²) in [6.45, 7) is 0. The summed E-state index contributed by atoms with van der Waals surface area (Å²) in [5, 5.41) is 12.4. The molecule has 0 saturated heterocycles. The molecule has 2 aliphatic carbocycles. The standard InChI is InChI=1S/C20H31N3O4S2/c1-27-16-10-8-15(9-11-16)23(14-6-4-2-3-5-7-14)20(26)22-19-21-12-18(29-19)28-13-17(24)25/h12,14-16H,2-11,13H2,1H3,(H,24,25)(H,21,22,26). The zero-order valence-electron chi connectivity index (χ0n) is 17.0. The van der Waals surface area contributed by atoms with Crippen molar-refractivity contribution in [3.05, 3.63) is 6.20 Å². The highest BCUT2D eigenvalue weighted by molar-refractivity contribution is 8.01. The molecule has 1 heterocycles. The summed E-state index contributed by atoms with van der Waals surface area (Å²) in [6, 6.07) is 0.453. The van der Waals surface area contributed by atoms with Gasteiger partial charge in [0.05, 0.1) is 22.3 Å². The fourth-order valence-electron chi connectivity index (χ4n) is 4.40.